The van der Waals surface area contributed by atoms with Crippen LogP contribution in [0.4, 0.5) is 0 Å². The van der Waals surface area contributed by atoms with Gasteiger partial charge in [-0.15, -0.1) is 0 Å². The minimum absolute atomic E-state index is 0.868. The molecule has 0 saturated carbocycles. The van der Waals surface area contributed by atoms with Gasteiger partial charge in [0.15, 0.2) is 0 Å². The Hall–Kier alpha value is -14.7. The van der Waals surface area contributed by atoms with Gasteiger partial charge < -0.3 is 31.7 Å². The topological polar surface area (TPSA) is 50.9 Å². The standard InChI is InChI=1S/C108H73N5O2/c1-62-18-15-19-63(2)106(62)111-96-42-32-68(70-34-44-98-84(54-70)86-56-72(36-46-100(86)112(98)107-64(3)20-16-21-65(107)4)74-38-48-102-88(58-74)90-60-76(40-50-104(90)114-102)109-92-28-11-7-24-78(92)79-25-8-12-29-93(79)109)52-82(96)83-53-69(33-43-97(83)111)71-35-45-99-85(55-71)87-57-73(37-47-101(87)113(99)108-66(5)22-17-23-67(108)6)75-39-49-103-89(59-75)91-61-77(41-51-105(91)115-103)110-94-30-13-9-26-80(94)81-27-10-14-31-95(81)110/h7-61H,1-6H3. The van der Waals surface area contributed by atoms with E-state index in [0.29, 0.717) is 0 Å². The van der Waals surface area contributed by atoms with Crippen molar-refractivity contribution in [3.63, 3.8) is 0 Å². The highest BCUT2D eigenvalue weighted by Crippen LogP contribution is 2.47. The molecule has 0 amide bonds. The molecule has 115 heavy (non-hydrogen) atoms. The lowest BCUT2D eigenvalue weighted by molar-refractivity contribution is 0.668. The van der Waals surface area contributed by atoms with Crippen molar-refractivity contribution in [2.75, 3.05) is 0 Å². The maximum Gasteiger partial charge on any atom is 0.135 e. The second-order valence-electron chi connectivity index (χ2n) is 31.8. The van der Waals surface area contributed by atoms with Crippen molar-refractivity contribution in [2.45, 2.75) is 41.5 Å². The summed E-state index contributed by atoms with van der Waals surface area (Å²) in [4.78, 5) is 0. The highest BCUT2D eigenvalue weighted by molar-refractivity contribution is 6.18. The third-order valence-electron chi connectivity index (χ3n) is 25.2. The summed E-state index contributed by atoms with van der Waals surface area (Å²) in [5.41, 5.74) is 37.6. The molecule has 24 aromatic rings. The summed E-state index contributed by atoms with van der Waals surface area (Å²) in [6.45, 7) is 13.5. The largest absolute Gasteiger partial charge is 0.456 e. The van der Waals surface area contributed by atoms with E-state index in [-0.39, 0.29) is 0 Å². The molecule has 542 valence electrons. The van der Waals surface area contributed by atoms with Crippen molar-refractivity contribution in [1.29, 1.82) is 0 Å². The zero-order chi connectivity index (χ0) is 76.3. The fourth-order valence-electron chi connectivity index (χ4n) is 19.9. The molecule has 7 aromatic heterocycles. The van der Waals surface area contributed by atoms with Crippen molar-refractivity contribution in [3.05, 3.63) is 367 Å². The molecule has 7 nitrogen and oxygen atoms in total. The Bertz CT molecular complexity index is 7750. The molecule has 0 atom stereocenters. The van der Waals surface area contributed by atoms with Crippen LogP contribution in [0.15, 0.2) is 342 Å². The Morgan fingerprint density at radius 3 is 0.609 bits per heavy atom. The van der Waals surface area contributed by atoms with Crippen LogP contribution < -0.4 is 0 Å². The van der Waals surface area contributed by atoms with Gasteiger partial charge in [-0.25, -0.2) is 0 Å². The minimum Gasteiger partial charge on any atom is -0.456 e. The number of para-hydroxylation sites is 7. The van der Waals surface area contributed by atoms with E-state index in [1.807, 2.05) is 0 Å². The molecule has 0 radical (unpaired) electrons. The summed E-state index contributed by atoms with van der Waals surface area (Å²) in [5, 5.41) is 16.5. The lowest BCUT2D eigenvalue weighted by atomic mass is 9.97. The number of benzene rings is 17. The van der Waals surface area contributed by atoms with Crippen LogP contribution in [0.2, 0.25) is 0 Å². The van der Waals surface area contributed by atoms with Gasteiger partial charge in [0.2, 0.25) is 0 Å². The van der Waals surface area contributed by atoms with E-state index in [1.54, 1.807) is 0 Å². The normalized spacial score (nSPS) is 12.3. The average molecular weight is 1470 g/mol. The van der Waals surface area contributed by atoms with E-state index in [2.05, 4.69) is 398 Å². The Morgan fingerprint density at radius 1 is 0.157 bits per heavy atom. The van der Waals surface area contributed by atoms with E-state index in [4.69, 9.17) is 8.83 Å². The number of furan rings is 2. The minimum atomic E-state index is 0.868. The Morgan fingerprint density at radius 2 is 0.357 bits per heavy atom. The molecule has 7 heterocycles. The second kappa shape index (κ2) is 24.4. The number of hydrogen-bond acceptors (Lipinski definition) is 2. The molecule has 0 N–H and O–H groups in total. The van der Waals surface area contributed by atoms with E-state index >= 15 is 0 Å². The third-order valence-corrected chi connectivity index (χ3v) is 25.2. The van der Waals surface area contributed by atoms with E-state index in [1.165, 1.54) is 159 Å². The van der Waals surface area contributed by atoms with Gasteiger partial charge in [-0.3, -0.25) is 0 Å². The average Bonchev–Trinajstić information content (AvgIpc) is 1.47. The summed E-state index contributed by atoms with van der Waals surface area (Å²) in [6.07, 6.45) is 0. The molecule has 24 rings (SSSR count). The Labute approximate surface area is 661 Å². The Kier molecular flexibility index (Phi) is 13.8. The SMILES string of the molecule is Cc1cccc(C)c1-n1c2ccc(-c3ccc4oc5ccc(-n6c7ccccc7c7ccccc76)cc5c4c3)cc2c2cc(-c3ccc4c(c3)c3cc(-c5ccc6c(c5)c5cc(-c7ccc8oc9ccc(-n%10c%11ccccc%11c%11ccccc%11%10)cc9c8c7)ccc5n6-c5c(C)cccc5C)ccc3n4-c3c(C)cccc3C)ccc21. The first-order valence-electron chi connectivity index (χ1n) is 39.8. The lowest BCUT2D eigenvalue weighted by Crippen LogP contribution is -2.00. The van der Waals surface area contributed by atoms with Crippen LogP contribution in [0.1, 0.15) is 33.4 Å². The molecule has 0 spiro atoms. The van der Waals surface area contributed by atoms with E-state index in [0.717, 1.165) is 99.8 Å². The van der Waals surface area contributed by atoms with E-state index in [9.17, 15) is 0 Å². The molecule has 17 aromatic carbocycles. The number of fused-ring (bicyclic) bond motifs is 21. The summed E-state index contributed by atoms with van der Waals surface area (Å²) in [5.74, 6) is 0. The lowest BCUT2D eigenvalue weighted by Gasteiger charge is -2.15. The van der Waals surface area contributed by atoms with Crippen molar-refractivity contribution in [2.24, 2.45) is 0 Å². The second-order valence-corrected chi connectivity index (χ2v) is 31.8. The summed E-state index contributed by atoms with van der Waals surface area (Å²) < 4.78 is 25.6. The number of aryl methyl sites for hydroxylation is 6. The molecular weight excluding hydrogens is 1400 g/mol. The van der Waals surface area contributed by atoms with Gasteiger partial charge in [0.25, 0.3) is 0 Å². The van der Waals surface area contributed by atoms with Crippen LogP contribution in [-0.2, 0) is 0 Å². The maximum absolute atomic E-state index is 6.64. The summed E-state index contributed by atoms with van der Waals surface area (Å²) >= 11 is 0. The van der Waals surface area contributed by atoms with Crippen molar-refractivity contribution < 1.29 is 8.83 Å². The van der Waals surface area contributed by atoms with Crippen molar-refractivity contribution in [1.82, 2.24) is 22.8 Å². The van der Waals surface area contributed by atoms with Crippen LogP contribution >= 0.6 is 0 Å². The molecule has 0 saturated heterocycles. The van der Waals surface area contributed by atoms with Crippen LogP contribution in [0.25, 0.3) is 226 Å². The van der Waals surface area contributed by atoms with Gasteiger partial charge in [-0.1, -0.05) is 176 Å². The van der Waals surface area contributed by atoms with Gasteiger partial charge in [0.05, 0.1) is 72.2 Å². The predicted molar refractivity (Wildman–Crippen MR) is 483 cm³/mol. The zero-order valence-electron chi connectivity index (χ0n) is 64.3. The maximum atomic E-state index is 6.64. The monoisotopic (exact) mass is 1470 g/mol. The first kappa shape index (κ1) is 65.1. The van der Waals surface area contributed by atoms with Crippen LogP contribution in [0.5, 0.6) is 0 Å². The number of nitrogens with zero attached hydrogens (tertiary/aromatic N) is 5. The van der Waals surface area contributed by atoms with Crippen molar-refractivity contribution >= 4 is 153 Å². The molecule has 7 heteroatoms. The fourth-order valence-corrected chi connectivity index (χ4v) is 19.9. The molecule has 0 bridgehead atoms. The highest BCUT2D eigenvalue weighted by atomic mass is 16.3. The molecular formula is C108H73N5O2. The zero-order valence-corrected chi connectivity index (χ0v) is 64.3. The number of rotatable bonds is 9. The molecule has 0 unspecified atom stereocenters. The Balaban J connectivity index is 0.651. The molecule has 0 aliphatic rings. The van der Waals surface area contributed by atoms with Gasteiger partial charge >= 0.3 is 0 Å². The van der Waals surface area contributed by atoms with Gasteiger partial charge in [-0.2, -0.15) is 0 Å². The third kappa shape index (κ3) is 9.59. The summed E-state index contributed by atoms with van der Waals surface area (Å²) in [6, 6.07) is 124. The molecule has 0 aliphatic heterocycles. The first-order chi connectivity index (χ1) is 56.5. The van der Waals surface area contributed by atoms with Gasteiger partial charge in [0, 0.05) is 86.8 Å². The predicted octanol–water partition coefficient (Wildman–Crippen LogP) is 29.5. The fraction of sp³-hybridized carbons (Fsp3) is 0.0556. The summed E-state index contributed by atoms with van der Waals surface area (Å²) in [7, 11) is 0. The van der Waals surface area contributed by atoms with Crippen LogP contribution in [0.3, 0.4) is 0 Å². The van der Waals surface area contributed by atoms with Crippen LogP contribution in [-0.4, -0.2) is 22.8 Å². The number of hydrogen-bond donors (Lipinski definition) is 0. The van der Waals surface area contributed by atoms with Crippen LogP contribution in [0, 0.1) is 41.5 Å². The first-order valence-corrected chi connectivity index (χ1v) is 39.8. The molecule has 0 fully saturated rings. The number of aromatic nitrogens is 5. The quantitative estimate of drug-likeness (QED) is 0.145. The van der Waals surface area contributed by atoms with E-state index < -0.39 is 0 Å². The molecule has 0 aliphatic carbocycles. The van der Waals surface area contributed by atoms with Crippen molar-refractivity contribution in [3.8, 4) is 72.9 Å². The highest BCUT2D eigenvalue weighted by Gasteiger charge is 2.25. The van der Waals surface area contributed by atoms with Gasteiger partial charge in [0.1, 0.15) is 22.3 Å². The van der Waals surface area contributed by atoms with Gasteiger partial charge in [-0.05, 0) is 277 Å². The smallest absolute Gasteiger partial charge is 0.135 e.